The third-order valence-corrected chi connectivity index (χ3v) is 4.21. The maximum atomic E-state index is 5.72. The zero-order chi connectivity index (χ0) is 12.5. The van der Waals surface area contributed by atoms with Crippen LogP contribution in [0.2, 0.25) is 0 Å². The van der Waals surface area contributed by atoms with Crippen LogP contribution < -0.4 is 5.32 Å². The molecule has 1 N–H and O–H groups in total. The third-order valence-electron chi connectivity index (χ3n) is 4.21. The van der Waals surface area contributed by atoms with E-state index in [0.29, 0.717) is 12.1 Å². The van der Waals surface area contributed by atoms with Crippen LogP contribution in [0, 0.1) is 5.92 Å². The first-order valence-electron chi connectivity index (χ1n) is 7.17. The van der Waals surface area contributed by atoms with Crippen molar-refractivity contribution in [2.45, 2.75) is 51.7 Å². The van der Waals surface area contributed by atoms with Gasteiger partial charge in [0.15, 0.2) is 0 Å². The fraction of sp³-hybridized carbons (Fsp3) is 0.786. The van der Waals surface area contributed by atoms with Gasteiger partial charge in [-0.1, -0.05) is 6.92 Å². The summed E-state index contributed by atoms with van der Waals surface area (Å²) in [4.78, 5) is 6.88. The summed E-state index contributed by atoms with van der Waals surface area (Å²) >= 11 is 0. The smallest absolute Gasteiger partial charge is 0.208 e. The maximum Gasteiger partial charge on any atom is 0.208 e. The van der Waals surface area contributed by atoms with Crippen molar-refractivity contribution in [3.63, 3.8) is 0 Å². The van der Waals surface area contributed by atoms with E-state index in [4.69, 9.17) is 4.42 Å². The van der Waals surface area contributed by atoms with Gasteiger partial charge in [-0.3, -0.25) is 4.90 Å². The van der Waals surface area contributed by atoms with Crippen LogP contribution in [0.4, 0.5) is 0 Å². The predicted octanol–water partition coefficient (Wildman–Crippen LogP) is 1.81. The summed E-state index contributed by atoms with van der Waals surface area (Å²) in [5.74, 6) is 2.78. The average Bonchev–Trinajstić information content (AvgIpc) is 3.13. The molecule has 1 aromatic rings. The van der Waals surface area contributed by atoms with Crippen molar-refractivity contribution in [3.05, 3.63) is 17.8 Å². The second-order valence-electron chi connectivity index (χ2n) is 5.70. The molecule has 1 saturated carbocycles. The normalized spacial score (nSPS) is 29.7. The van der Waals surface area contributed by atoms with Crippen molar-refractivity contribution in [2.75, 3.05) is 13.1 Å². The highest BCUT2D eigenvalue weighted by Gasteiger charge is 2.36. The van der Waals surface area contributed by atoms with E-state index in [2.05, 4.69) is 29.0 Å². The molecule has 1 aliphatic carbocycles. The van der Waals surface area contributed by atoms with Crippen molar-refractivity contribution in [1.82, 2.24) is 15.2 Å². The van der Waals surface area contributed by atoms with Crippen molar-refractivity contribution in [1.29, 1.82) is 0 Å². The molecular weight excluding hydrogens is 226 g/mol. The lowest BCUT2D eigenvalue weighted by molar-refractivity contribution is 0.114. The van der Waals surface area contributed by atoms with Crippen LogP contribution in [0.25, 0.3) is 0 Å². The molecule has 3 rings (SSSR count). The second-order valence-corrected chi connectivity index (χ2v) is 5.70. The van der Waals surface area contributed by atoms with E-state index in [1.54, 1.807) is 0 Å². The van der Waals surface area contributed by atoms with E-state index >= 15 is 0 Å². The summed E-state index contributed by atoms with van der Waals surface area (Å²) in [6, 6.07) is 1.25. The van der Waals surface area contributed by atoms with Gasteiger partial charge in [0, 0.05) is 31.6 Å². The predicted molar refractivity (Wildman–Crippen MR) is 70.3 cm³/mol. The Morgan fingerprint density at radius 3 is 3.00 bits per heavy atom. The number of oxazole rings is 1. The molecule has 2 unspecified atom stereocenters. The number of hydrogen-bond donors (Lipinski definition) is 1. The zero-order valence-electron chi connectivity index (χ0n) is 11.4. The fourth-order valence-corrected chi connectivity index (χ4v) is 2.74. The van der Waals surface area contributed by atoms with Gasteiger partial charge in [-0.2, -0.15) is 0 Å². The number of rotatable bonds is 4. The summed E-state index contributed by atoms with van der Waals surface area (Å²) in [7, 11) is 0. The number of hydrogen-bond acceptors (Lipinski definition) is 4. The number of nitrogens with zero attached hydrogens (tertiary/aromatic N) is 2. The van der Waals surface area contributed by atoms with Gasteiger partial charge >= 0.3 is 0 Å². The van der Waals surface area contributed by atoms with Crippen molar-refractivity contribution < 1.29 is 4.42 Å². The van der Waals surface area contributed by atoms with Crippen LogP contribution >= 0.6 is 0 Å². The van der Waals surface area contributed by atoms with E-state index in [-0.39, 0.29) is 0 Å². The largest absolute Gasteiger partial charge is 0.444 e. The third kappa shape index (κ3) is 2.59. The fourth-order valence-electron chi connectivity index (χ4n) is 2.74. The molecule has 18 heavy (non-hydrogen) atoms. The van der Waals surface area contributed by atoms with Gasteiger partial charge in [-0.15, -0.1) is 0 Å². The molecule has 0 bridgehead atoms. The van der Waals surface area contributed by atoms with Gasteiger partial charge in [0.2, 0.25) is 5.89 Å². The van der Waals surface area contributed by atoms with Gasteiger partial charge in [-0.05, 0) is 25.7 Å². The van der Waals surface area contributed by atoms with Gasteiger partial charge in [0.1, 0.15) is 5.76 Å². The first-order valence-corrected chi connectivity index (χ1v) is 7.17. The van der Waals surface area contributed by atoms with E-state index in [9.17, 15) is 0 Å². The highest BCUT2D eigenvalue weighted by molar-refractivity contribution is 4.97. The van der Waals surface area contributed by atoms with Crippen LogP contribution in [-0.4, -0.2) is 35.1 Å². The highest BCUT2D eigenvalue weighted by Crippen LogP contribution is 2.34. The maximum absolute atomic E-state index is 5.72. The summed E-state index contributed by atoms with van der Waals surface area (Å²) in [5.41, 5.74) is 0. The molecule has 0 spiro atoms. The first-order chi connectivity index (χ1) is 8.76. The average molecular weight is 249 g/mol. The summed E-state index contributed by atoms with van der Waals surface area (Å²) < 4.78 is 5.72. The van der Waals surface area contributed by atoms with Gasteiger partial charge < -0.3 is 9.73 Å². The number of nitrogens with one attached hydrogen (secondary N) is 1. The lowest BCUT2D eigenvalue weighted by Gasteiger charge is -2.38. The van der Waals surface area contributed by atoms with E-state index in [1.807, 2.05) is 6.20 Å². The molecule has 4 heteroatoms. The molecule has 2 atom stereocenters. The van der Waals surface area contributed by atoms with E-state index in [0.717, 1.165) is 43.6 Å². The molecule has 2 aliphatic rings. The van der Waals surface area contributed by atoms with Gasteiger partial charge in [0.05, 0.1) is 12.7 Å². The molecular formula is C14H23N3O. The Bertz CT molecular complexity index is 399. The van der Waals surface area contributed by atoms with Crippen molar-refractivity contribution >= 4 is 0 Å². The van der Waals surface area contributed by atoms with E-state index < -0.39 is 0 Å². The SMILES string of the molecule is CCc1cnc(CN2CC(C3CC3)NCC2C)o1. The topological polar surface area (TPSA) is 41.3 Å². The van der Waals surface area contributed by atoms with Crippen LogP contribution in [-0.2, 0) is 13.0 Å². The minimum absolute atomic E-state index is 0.567. The van der Waals surface area contributed by atoms with Crippen LogP contribution in [0.3, 0.4) is 0 Å². The van der Waals surface area contributed by atoms with Crippen molar-refractivity contribution in [3.8, 4) is 0 Å². The quantitative estimate of drug-likeness (QED) is 0.883. The minimum Gasteiger partial charge on any atom is -0.444 e. The first kappa shape index (κ1) is 12.2. The molecule has 1 aliphatic heterocycles. The molecule has 2 fully saturated rings. The molecule has 2 heterocycles. The lowest BCUT2D eigenvalue weighted by Crippen LogP contribution is -2.55. The Morgan fingerprint density at radius 2 is 2.33 bits per heavy atom. The Morgan fingerprint density at radius 1 is 1.50 bits per heavy atom. The molecule has 1 saturated heterocycles. The summed E-state index contributed by atoms with van der Waals surface area (Å²) in [6.07, 6.45) is 5.59. The van der Waals surface area contributed by atoms with Crippen LogP contribution in [0.1, 0.15) is 38.3 Å². The number of piperazine rings is 1. The molecule has 0 aromatic carbocycles. The standard InChI is InChI=1S/C14H23N3O/c1-3-12-7-16-14(18-12)9-17-8-13(11-4-5-11)15-6-10(17)2/h7,10-11,13,15H,3-6,8-9H2,1-2H3. The molecule has 100 valence electrons. The minimum atomic E-state index is 0.567. The Balaban J connectivity index is 1.62. The van der Waals surface area contributed by atoms with Crippen LogP contribution in [0.15, 0.2) is 10.6 Å². The highest BCUT2D eigenvalue weighted by atomic mass is 16.4. The molecule has 1 aromatic heterocycles. The van der Waals surface area contributed by atoms with Gasteiger partial charge in [-0.25, -0.2) is 4.98 Å². The molecule has 0 radical (unpaired) electrons. The number of aryl methyl sites for hydroxylation is 1. The second kappa shape index (κ2) is 5.02. The lowest BCUT2D eigenvalue weighted by atomic mass is 10.1. The molecule has 4 nitrogen and oxygen atoms in total. The van der Waals surface area contributed by atoms with Crippen molar-refractivity contribution in [2.24, 2.45) is 5.92 Å². The Kier molecular flexibility index (Phi) is 3.39. The number of aromatic nitrogens is 1. The summed E-state index contributed by atoms with van der Waals surface area (Å²) in [5, 5.41) is 3.67. The zero-order valence-corrected chi connectivity index (χ0v) is 11.4. The summed E-state index contributed by atoms with van der Waals surface area (Å²) in [6.45, 7) is 7.45. The monoisotopic (exact) mass is 249 g/mol. The van der Waals surface area contributed by atoms with E-state index in [1.165, 1.54) is 12.8 Å². The van der Waals surface area contributed by atoms with Gasteiger partial charge in [0.25, 0.3) is 0 Å². The van der Waals surface area contributed by atoms with Crippen LogP contribution in [0.5, 0.6) is 0 Å². The Labute approximate surface area is 109 Å². The Hall–Kier alpha value is -0.870. The molecule has 0 amide bonds.